The van der Waals surface area contributed by atoms with Crippen molar-refractivity contribution in [1.29, 1.82) is 0 Å². The smallest absolute Gasteiger partial charge is 0.261 e. The zero-order valence-corrected chi connectivity index (χ0v) is 28.5. The lowest BCUT2D eigenvalue weighted by Crippen LogP contribution is -2.34. The molecule has 0 spiro atoms. The van der Waals surface area contributed by atoms with Crippen LogP contribution in [0.25, 0.3) is 23.5 Å². The summed E-state index contributed by atoms with van der Waals surface area (Å²) >= 11 is 0. The van der Waals surface area contributed by atoms with Crippen molar-refractivity contribution in [3.05, 3.63) is 130 Å². The number of rotatable bonds is 8. The Kier molecular flexibility index (Phi) is 7.51. The fourth-order valence-electron chi connectivity index (χ4n) is 8.06. The molecule has 0 unspecified atom stereocenters. The highest BCUT2D eigenvalue weighted by Crippen LogP contribution is 2.39. The van der Waals surface area contributed by atoms with Gasteiger partial charge in [-0.15, -0.1) is 0 Å². The molecule has 5 aromatic rings. The average Bonchev–Trinajstić information content (AvgIpc) is 3.84. The normalized spacial score (nSPS) is 15.2. The highest BCUT2D eigenvalue weighted by Gasteiger charge is 2.37. The Bertz CT molecular complexity index is 2170. The van der Waals surface area contributed by atoms with Gasteiger partial charge in [0.25, 0.3) is 5.91 Å². The first kappa shape index (κ1) is 30.3. The number of para-hydroxylation sites is 2. The van der Waals surface area contributed by atoms with Gasteiger partial charge < -0.3 is 19.3 Å². The molecule has 0 saturated heterocycles. The van der Waals surface area contributed by atoms with Crippen molar-refractivity contribution in [3.63, 3.8) is 0 Å². The van der Waals surface area contributed by atoms with Crippen molar-refractivity contribution in [3.8, 4) is 11.3 Å². The number of benzene rings is 4. The summed E-state index contributed by atoms with van der Waals surface area (Å²) in [6.45, 7) is 16.9. The van der Waals surface area contributed by atoms with E-state index in [1.165, 1.54) is 22.5 Å². The maximum Gasteiger partial charge on any atom is 0.261 e. The number of hydrogen-bond donors (Lipinski definition) is 0. The van der Waals surface area contributed by atoms with Gasteiger partial charge in [0.05, 0.1) is 17.0 Å². The molecule has 5 nitrogen and oxygen atoms in total. The molecule has 8 rings (SSSR count). The quantitative estimate of drug-likeness (QED) is 0.175. The van der Waals surface area contributed by atoms with Crippen LogP contribution in [0, 0.1) is 11.8 Å². The van der Waals surface area contributed by atoms with Gasteiger partial charge in [-0.1, -0.05) is 94.9 Å². The predicted octanol–water partition coefficient (Wildman–Crippen LogP) is 7.88. The topological polar surface area (TPSA) is 31.7 Å². The molecular formula is C43H44N4O. The summed E-state index contributed by atoms with van der Waals surface area (Å²) in [5.74, 6) is 0.763. The van der Waals surface area contributed by atoms with E-state index >= 15 is 0 Å². The molecule has 0 radical (unpaired) electrons. The number of carbonyl (C=O) groups excluding carboxylic acids is 1. The monoisotopic (exact) mass is 632 g/mol. The maximum atomic E-state index is 14.8. The molecule has 0 aliphatic carbocycles. The molecule has 4 heterocycles. The standard InChI is InChI=1S/C43H44N4O/c1-28(2)26-46-30(5)39-40(42(46)34-15-11-17-36(25-34)45-23-21-32-13-7-9-19-38(32)45)43(48)47(27-29(3)4)41(39)33-14-10-16-35(24-33)44-22-20-31-12-6-8-18-37(31)44/h6-19,24-25,28-29H,5,20-23,26-27H2,1-4H3. The van der Waals surface area contributed by atoms with Gasteiger partial charge in [0.2, 0.25) is 0 Å². The predicted molar refractivity (Wildman–Crippen MR) is 199 cm³/mol. The Morgan fingerprint density at radius 3 is 1.79 bits per heavy atom. The number of fused-ring (bicyclic) bond motifs is 3. The molecule has 4 aromatic carbocycles. The molecule has 48 heavy (non-hydrogen) atoms. The first-order valence-electron chi connectivity index (χ1n) is 17.5. The van der Waals surface area contributed by atoms with Gasteiger partial charge in [-0.05, 0) is 72.2 Å². The van der Waals surface area contributed by atoms with Crippen LogP contribution in [0.1, 0.15) is 54.7 Å². The summed E-state index contributed by atoms with van der Waals surface area (Å²) < 4.78 is 2.32. The molecule has 0 saturated carbocycles. The molecule has 0 atom stereocenters. The van der Waals surface area contributed by atoms with Gasteiger partial charge in [-0.25, -0.2) is 0 Å². The van der Waals surface area contributed by atoms with E-state index in [-0.39, 0.29) is 5.91 Å². The second kappa shape index (κ2) is 11.9. The molecule has 5 heteroatoms. The zero-order valence-electron chi connectivity index (χ0n) is 28.5. The highest BCUT2D eigenvalue weighted by molar-refractivity contribution is 6.09. The maximum absolute atomic E-state index is 14.8. The van der Waals surface area contributed by atoms with E-state index in [1.807, 2.05) is 4.90 Å². The summed E-state index contributed by atoms with van der Waals surface area (Å²) in [6.07, 6.45) is 2.07. The van der Waals surface area contributed by atoms with Crippen LogP contribution >= 0.6 is 0 Å². The molecule has 1 amide bonds. The highest BCUT2D eigenvalue weighted by atomic mass is 16.2. The molecule has 0 fully saturated rings. The zero-order chi connectivity index (χ0) is 33.1. The van der Waals surface area contributed by atoms with Crippen LogP contribution in [0.4, 0.5) is 22.7 Å². The summed E-state index contributed by atoms with van der Waals surface area (Å²) in [5.41, 5.74) is 12.5. The number of nitrogens with zero attached hydrogens (tertiary/aromatic N) is 4. The van der Waals surface area contributed by atoms with Crippen LogP contribution in [0.2, 0.25) is 0 Å². The lowest BCUT2D eigenvalue weighted by atomic mass is 10.0. The first-order chi connectivity index (χ1) is 23.3. The van der Waals surface area contributed by atoms with Gasteiger partial charge in [-0.2, -0.15) is 0 Å². The Balaban J connectivity index is 1.32. The summed E-state index contributed by atoms with van der Waals surface area (Å²) in [4.78, 5) is 21.7. The molecule has 242 valence electrons. The van der Waals surface area contributed by atoms with Gasteiger partial charge in [-0.3, -0.25) is 4.79 Å². The minimum absolute atomic E-state index is 0.0740. The van der Waals surface area contributed by atoms with Crippen LogP contribution in [0.15, 0.2) is 97.1 Å². The summed E-state index contributed by atoms with van der Waals surface area (Å²) in [5, 5.41) is 1.89. The van der Waals surface area contributed by atoms with E-state index < -0.39 is 0 Å². The largest absolute Gasteiger partial charge is 0.341 e. The minimum Gasteiger partial charge on any atom is -0.341 e. The van der Waals surface area contributed by atoms with Crippen LogP contribution in [-0.4, -0.2) is 35.0 Å². The van der Waals surface area contributed by atoms with Crippen LogP contribution < -0.4 is 20.4 Å². The number of amides is 1. The van der Waals surface area contributed by atoms with Crippen molar-refractivity contribution in [2.75, 3.05) is 29.4 Å². The Hall–Kier alpha value is -5.03. The van der Waals surface area contributed by atoms with E-state index in [9.17, 15) is 4.79 Å². The third-order valence-corrected chi connectivity index (χ3v) is 10.1. The molecule has 0 N–H and O–H groups in total. The Labute approximate surface area is 284 Å². The van der Waals surface area contributed by atoms with Gasteiger partial charge in [0.1, 0.15) is 0 Å². The van der Waals surface area contributed by atoms with Crippen LogP contribution in [0.3, 0.4) is 0 Å². The number of aromatic nitrogens is 1. The van der Waals surface area contributed by atoms with Crippen molar-refractivity contribution < 1.29 is 4.79 Å². The lowest BCUT2D eigenvalue weighted by Gasteiger charge is -2.26. The number of carbonyl (C=O) groups is 1. The van der Waals surface area contributed by atoms with Crippen molar-refractivity contribution in [2.45, 2.75) is 47.1 Å². The average molecular weight is 633 g/mol. The third-order valence-electron chi connectivity index (χ3n) is 10.1. The van der Waals surface area contributed by atoms with E-state index in [0.717, 1.165) is 82.5 Å². The lowest BCUT2D eigenvalue weighted by molar-refractivity contribution is 0.0834. The minimum atomic E-state index is 0.0740. The molecule has 3 aliphatic rings. The number of anilines is 4. The Morgan fingerprint density at radius 1 is 0.667 bits per heavy atom. The fourth-order valence-corrected chi connectivity index (χ4v) is 8.06. The second-order valence-corrected chi connectivity index (χ2v) is 14.4. The van der Waals surface area contributed by atoms with Gasteiger partial charge >= 0.3 is 0 Å². The summed E-state index contributed by atoms with van der Waals surface area (Å²) in [6, 6.07) is 34.9. The SMILES string of the molecule is C=c1c2c(c(-c3cccc(N4CCc5ccccc54)c3)n1CC(C)C)C(=O)N(CC(C)C)C=2c1cccc(N2CCc3ccccc32)c1. The van der Waals surface area contributed by atoms with Crippen molar-refractivity contribution in [1.82, 2.24) is 9.47 Å². The molecule has 1 aromatic heterocycles. The van der Waals surface area contributed by atoms with E-state index in [2.05, 4.69) is 139 Å². The number of hydrogen-bond acceptors (Lipinski definition) is 3. The molecular weight excluding hydrogens is 589 g/mol. The fraction of sp³-hybridized carbons (Fsp3) is 0.279. The summed E-state index contributed by atoms with van der Waals surface area (Å²) in [7, 11) is 0. The van der Waals surface area contributed by atoms with Crippen LogP contribution in [0.5, 0.6) is 0 Å². The molecule has 0 bridgehead atoms. The van der Waals surface area contributed by atoms with E-state index in [0.29, 0.717) is 18.4 Å². The van der Waals surface area contributed by atoms with Gasteiger partial charge in [0, 0.05) is 70.6 Å². The van der Waals surface area contributed by atoms with Crippen LogP contribution in [-0.2, 0) is 19.4 Å². The first-order valence-corrected chi connectivity index (χ1v) is 17.5. The Morgan fingerprint density at radius 2 is 1.21 bits per heavy atom. The third kappa shape index (κ3) is 4.95. The van der Waals surface area contributed by atoms with E-state index in [1.54, 1.807) is 0 Å². The molecule has 3 aliphatic heterocycles. The van der Waals surface area contributed by atoms with Crippen molar-refractivity contribution in [2.24, 2.45) is 11.8 Å². The second-order valence-electron chi connectivity index (χ2n) is 14.4. The van der Waals surface area contributed by atoms with Crippen molar-refractivity contribution >= 4 is 40.9 Å². The van der Waals surface area contributed by atoms with E-state index in [4.69, 9.17) is 6.58 Å². The van der Waals surface area contributed by atoms with Gasteiger partial charge in [0.15, 0.2) is 0 Å².